The van der Waals surface area contributed by atoms with Gasteiger partial charge in [-0.1, -0.05) is 6.92 Å². The third-order valence-electron chi connectivity index (χ3n) is 1.67. The van der Waals surface area contributed by atoms with E-state index >= 15 is 0 Å². The van der Waals surface area contributed by atoms with Crippen molar-refractivity contribution in [1.82, 2.24) is 4.98 Å². The van der Waals surface area contributed by atoms with E-state index in [0.717, 1.165) is 12.0 Å². The fourth-order valence-electron chi connectivity index (χ4n) is 0.962. The van der Waals surface area contributed by atoms with Crippen LogP contribution in [0.3, 0.4) is 0 Å². The zero-order valence-electron chi connectivity index (χ0n) is 7.16. The summed E-state index contributed by atoms with van der Waals surface area (Å²) in [5.74, 6) is 0.490. The van der Waals surface area contributed by atoms with Crippen LogP contribution in [0.4, 0.5) is 0 Å². The van der Waals surface area contributed by atoms with Crippen LogP contribution in [0.2, 0.25) is 0 Å². The van der Waals surface area contributed by atoms with Crippen LogP contribution in [-0.4, -0.2) is 12.1 Å². The third-order valence-corrected chi connectivity index (χ3v) is 1.67. The van der Waals surface area contributed by atoms with Crippen LogP contribution in [0.25, 0.3) is 0 Å². The number of pyridine rings is 1. The molecular formula is C9H10N2O. The van der Waals surface area contributed by atoms with Crippen molar-refractivity contribution in [3.63, 3.8) is 0 Å². The van der Waals surface area contributed by atoms with Crippen molar-refractivity contribution in [2.75, 3.05) is 7.11 Å². The molecule has 0 aromatic carbocycles. The maximum absolute atomic E-state index is 8.74. The van der Waals surface area contributed by atoms with E-state index in [1.54, 1.807) is 12.3 Å². The molecule has 62 valence electrons. The molecule has 0 amide bonds. The molecule has 3 nitrogen and oxygen atoms in total. The van der Waals surface area contributed by atoms with Crippen molar-refractivity contribution in [3.05, 3.63) is 23.4 Å². The number of nitrogens with zero attached hydrogens (tertiary/aromatic N) is 2. The van der Waals surface area contributed by atoms with Gasteiger partial charge >= 0.3 is 0 Å². The van der Waals surface area contributed by atoms with Gasteiger partial charge in [-0.05, 0) is 12.0 Å². The molecule has 1 heterocycles. The van der Waals surface area contributed by atoms with E-state index in [1.807, 2.05) is 6.92 Å². The summed E-state index contributed by atoms with van der Waals surface area (Å²) < 4.78 is 4.89. The monoisotopic (exact) mass is 162 g/mol. The Bertz CT molecular complexity index is 315. The van der Waals surface area contributed by atoms with Crippen molar-refractivity contribution in [2.45, 2.75) is 13.3 Å². The molecule has 0 aliphatic carbocycles. The molecule has 0 unspecified atom stereocenters. The molecule has 0 aliphatic heterocycles. The molecule has 0 fully saturated rings. The van der Waals surface area contributed by atoms with Crippen molar-refractivity contribution in [1.29, 1.82) is 5.26 Å². The second kappa shape index (κ2) is 3.72. The SMILES string of the molecule is CCc1cnc(OC)cc1C#N. The smallest absolute Gasteiger partial charge is 0.214 e. The highest BCUT2D eigenvalue weighted by molar-refractivity contribution is 5.38. The third kappa shape index (κ3) is 1.54. The Kier molecular flexibility index (Phi) is 2.65. The lowest BCUT2D eigenvalue weighted by Gasteiger charge is -2.01. The topological polar surface area (TPSA) is 45.9 Å². The fraction of sp³-hybridized carbons (Fsp3) is 0.333. The highest BCUT2D eigenvalue weighted by Crippen LogP contribution is 2.13. The minimum absolute atomic E-state index is 0.490. The van der Waals surface area contributed by atoms with E-state index in [1.165, 1.54) is 7.11 Å². The largest absolute Gasteiger partial charge is 0.481 e. The summed E-state index contributed by atoms with van der Waals surface area (Å²) >= 11 is 0. The molecule has 1 rings (SSSR count). The molecule has 0 bridgehead atoms. The average Bonchev–Trinajstić information content (AvgIpc) is 2.16. The fourth-order valence-corrected chi connectivity index (χ4v) is 0.962. The number of ether oxygens (including phenoxy) is 1. The molecular weight excluding hydrogens is 152 g/mol. The van der Waals surface area contributed by atoms with Gasteiger partial charge in [0, 0.05) is 12.3 Å². The van der Waals surface area contributed by atoms with E-state index in [9.17, 15) is 0 Å². The first-order valence-corrected chi connectivity index (χ1v) is 3.74. The molecule has 0 aliphatic rings. The molecule has 0 spiro atoms. The molecule has 0 N–H and O–H groups in total. The van der Waals surface area contributed by atoms with Gasteiger partial charge in [0.05, 0.1) is 18.7 Å². The summed E-state index contributed by atoms with van der Waals surface area (Å²) in [7, 11) is 1.54. The number of aryl methyl sites for hydroxylation is 1. The number of methoxy groups -OCH3 is 1. The minimum Gasteiger partial charge on any atom is -0.481 e. The Morgan fingerprint density at radius 2 is 2.42 bits per heavy atom. The summed E-state index contributed by atoms with van der Waals surface area (Å²) in [6, 6.07) is 3.75. The summed E-state index contributed by atoms with van der Waals surface area (Å²) in [6.07, 6.45) is 2.50. The number of rotatable bonds is 2. The molecule has 0 atom stereocenters. The Morgan fingerprint density at radius 3 is 2.92 bits per heavy atom. The number of hydrogen-bond donors (Lipinski definition) is 0. The molecule has 1 aromatic heterocycles. The van der Waals surface area contributed by atoms with Gasteiger partial charge in [0.15, 0.2) is 0 Å². The molecule has 0 saturated carbocycles. The van der Waals surface area contributed by atoms with Crippen molar-refractivity contribution in [3.8, 4) is 11.9 Å². The Morgan fingerprint density at radius 1 is 1.67 bits per heavy atom. The highest BCUT2D eigenvalue weighted by atomic mass is 16.5. The van der Waals surface area contributed by atoms with Crippen LogP contribution in [0.15, 0.2) is 12.3 Å². The normalized spacial score (nSPS) is 9.08. The van der Waals surface area contributed by atoms with E-state index in [4.69, 9.17) is 10.00 Å². The molecule has 0 saturated heterocycles. The standard InChI is InChI=1S/C9H10N2O/c1-3-7-6-11-9(12-2)4-8(7)5-10/h4,6H,3H2,1-2H3. The van der Waals surface area contributed by atoms with Gasteiger partial charge < -0.3 is 4.74 Å². The lowest BCUT2D eigenvalue weighted by molar-refractivity contribution is 0.397. The number of aromatic nitrogens is 1. The zero-order chi connectivity index (χ0) is 8.97. The summed E-state index contributed by atoms with van der Waals surface area (Å²) in [5.41, 5.74) is 1.60. The lowest BCUT2D eigenvalue weighted by atomic mass is 10.1. The number of nitriles is 1. The predicted octanol–water partition coefficient (Wildman–Crippen LogP) is 1.52. The van der Waals surface area contributed by atoms with Crippen LogP contribution < -0.4 is 4.74 Å². The van der Waals surface area contributed by atoms with E-state index < -0.39 is 0 Å². The first-order chi connectivity index (χ1) is 5.81. The maximum atomic E-state index is 8.74. The first-order valence-electron chi connectivity index (χ1n) is 3.74. The van der Waals surface area contributed by atoms with Crippen LogP contribution in [0.5, 0.6) is 5.88 Å². The van der Waals surface area contributed by atoms with Gasteiger partial charge in [-0.25, -0.2) is 4.98 Å². The zero-order valence-corrected chi connectivity index (χ0v) is 7.16. The maximum Gasteiger partial charge on any atom is 0.214 e. The molecule has 3 heteroatoms. The highest BCUT2D eigenvalue weighted by Gasteiger charge is 2.02. The van der Waals surface area contributed by atoms with Crippen molar-refractivity contribution < 1.29 is 4.74 Å². The molecule has 12 heavy (non-hydrogen) atoms. The quantitative estimate of drug-likeness (QED) is 0.662. The first kappa shape index (κ1) is 8.54. The van der Waals surface area contributed by atoms with Gasteiger partial charge in [0.1, 0.15) is 0 Å². The van der Waals surface area contributed by atoms with Gasteiger partial charge in [-0.2, -0.15) is 5.26 Å². The van der Waals surface area contributed by atoms with Crippen LogP contribution in [0, 0.1) is 11.3 Å². The lowest BCUT2D eigenvalue weighted by Crippen LogP contribution is -1.93. The minimum atomic E-state index is 0.490. The van der Waals surface area contributed by atoms with E-state index in [0.29, 0.717) is 11.4 Å². The van der Waals surface area contributed by atoms with Crippen molar-refractivity contribution >= 4 is 0 Å². The second-order valence-corrected chi connectivity index (χ2v) is 2.35. The average molecular weight is 162 g/mol. The van der Waals surface area contributed by atoms with Crippen molar-refractivity contribution in [2.24, 2.45) is 0 Å². The summed E-state index contributed by atoms with van der Waals surface area (Å²) in [5, 5.41) is 8.74. The second-order valence-electron chi connectivity index (χ2n) is 2.35. The molecule has 1 aromatic rings. The summed E-state index contributed by atoms with van der Waals surface area (Å²) in [4.78, 5) is 4.00. The molecule has 0 radical (unpaired) electrons. The van der Waals surface area contributed by atoms with Gasteiger partial charge in [0.2, 0.25) is 5.88 Å². The van der Waals surface area contributed by atoms with Crippen LogP contribution in [-0.2, 0) is 6.42 Å². The predicted molar refractivity (Wildman–Crippen MR) is 44.9 cm³/mol. The summed E-state index contributed by atoms with van der Waals surface area (Å²) in [6.45, 7) is 1.99. The van der Waals surface area contributed by atoms with Gasteiger partial charge in [-0.15, -0.1) is 0 Å². The van der Waals surface area contributed by atoms with E-state index in [-0.39, 0.29) is 0 Å². The van der Waals surface area contributed by atoms with Crippen LogP contribution in [0.1, 0.15) is 18.1 Å². The van der Waals surface area contributed by atoms with Gasteiger partial charge in [0.25, 0.3) is 0 Å². The Labute approximate surface area is 71.6 Å². The van der Waals surface area contributed by atoms with Gasteiger partial charge in [-0.3, -0.25) is 0 Å². The number of hydrogen-bond acceptors (Lipinski definition) is 3. The Balaban J connectivity index is 3.13. The Hall–Kier alpha value is -1.56. The van der Waals surface area contributed by atoms with Crippen LogP contribution >= 0.6 is 0 Å². The van der Waals surface area contributed by atoms with E-state index in [2.05, 4.69) is 11.1 Å².